The van der Waals surface area contributed by atoms with Crippen LogP contribution in [-0.2, 0) is 26.2 Å². The molecule has 0 spiro atoms. The number of nitroso groups, excluding NO2 is 2. The smallest absolute Gasteiger partial charge is 0.201 e. The van der Waals surface area contributed by atoms with E-state index in [0.717, 1.165) is 50.2 Å². The Morgan fingerprint density at radius 3 is 1.52 bits per heavy atom. The molecule has 0 saturated heterocycles. The number of pyridine rings is 2. The summed E-state index contributed by atoms with van der Waals surface area (Å²) in [6.45, 7) is 2.31. The Bertz CT molecular complexity index is 618. The molecule has 0 amide bonds. The zero-order chi connectivity index (χ0) is 17.7. The molecule has 0 bridgehead atoms. The quantitative estimate of drug-likeness (QED) is 0.337. The molecule has 0 N–H and O–H groups in total. The van der Waals surface area contributed by atoms with E-state index in [9.17, 15) is 9.81 Å². The molecular weight excluding hydrogens is 316 g/mol. The minimum Gasteiger partial charge on any atom is -0.201 e. The van der Waals surface area contributed by atoms with Crippen LogP contribution in [0.15, 0.2) is 59.1 Å². The summed E-state index contributed by atoms with van der Waals surface area (Å²) >= 11 is 0. The van der Waals surface area contributed by atoms with E-state index in [4.69, 9.17) is 0 Å². The second kappa shape index (κ2) is 11.1. The Morgan fingerprint density at radius 2 is 1.08 bits per heavy atom. The molecule has 0 radical (unpaired) electrons. The molecular formula is C19H26N4O2+2. The standard InChI is InChI=1S/C19H26N4O2/c24-20-16-18-10-4-8-14-22(18)12-6-2-1-3-7-13-23-15-9-5-11-19(23)17-21-25/h4-5,8-11,14-15H,1-3,6-7,12-13,16-17H2/q+2. The van der Waals surface area contributed by atoms with Crippen LogP contribution in [0.2, 0.25) is 0 Å². The van der Waals surface area contributed by atoms with Crippen LogP contribution >= 0.6 is 0 Å². The highest BCUT2D eigenvalue weighted by Gasteiger charge is 2.10. The maximum atomic E-state index is 10.5. The first-order chi connectivity index (χ1) is 12.3. The molecule has 0 fully saturated rings. The van der Waals surface area contributed by atoms with E-state index in [-0.39, 0.29) is 13.1 Å². The fraction of sp³-hybridized carbons (Fsp3) is 0.474. The molecule has 0 aromatic carbocycles. The summed E-state index contributed by atoms with van der Waals surface area (Å²) < 4.78 is 4.22. The third kappa shape index (κ3) is 6.49. The van der Waals surface area contributed by atoms with Gasteiger partial charge in [-0.3, -0.25) is 0 Å². The fourth-order valence-electron chi connectivity index (χ4n) is 2.97. The lowest BCUT2D eigenvalue weighted by molar-refractivity contribution is -0.704. The first kappa shape index (κ1) is 18.8. The van der Waals surface area contributed by atoms with Gasteiger partial charge in [-0.15, -0.1) is 0 Å². The number of hydrogen-bond acceptors (Lipinski definition) is 4. The number of rotatable bonds is 12. The van der Waals surface area contributed by atoms with Gasteiger partial charge >= 0.3 is 0 Å². The van der Waals surface area contributed by atoms with Crippen LogP contribution in [0.3, 0.4) is 0 Å². The molecule has 0 aliphatic carbocycles. The van der Waals surface area contributed by atoms with Gasteiger partial charge in [0.15, 0.2) is 25.5 Å². The van der Waals surface area contributed by atoms with Crippen molar-refractivity contribution in [3.05, 3.63) is 70.0 Å². The van der Waals surface area contributed by atoms with Crippen molar-refractivity contribution in [3.63, 3.8) is 0 Å². The van der Waals surface area contributed by atoms with Gasteiger partial charge in [-0.05, 0) is 12.8 Å². The summed E-state index contributed by atoms with van der Waals surface area (Å²) in [6.07, 6.45) is 9.72. The Kier molecular flexibility index (Phi) is 8.38. The summed E-state index contributed by atoms with van der Waals surface area (Å²) in [5.41, 5.74) is 1.93. The monoisotopic (exact) mass is 342 g/mol. The molecule has 2 aromatic heterocycles. The van der Waals surface area contributed by atoms with Crippen LogP contribution in [0.5, 0.6) is 0 Å². The summed E-state index contributed by atoms with van der Waals surface area (Å²) in [6, 6.07) is 11.7. The third-order valence-corrected chi connectivity index (χ3v) is 4.32. The van der Waals surface area contributed by atoms with Gasteiger partial charge in [-0.1, -0.05) is 28.9 Å². The maximum Gasteiger partial charge on any atom is 0.206 e. The van der Waals surface area contributed by atoms with Crippen LogP contribution in [0.25, 0.3) is 0 Å². The molecule has 0 aliphatic heterocycles. The molecule has 2 heterocycles. The molecule has 132 valence electrons. The zero-order valence-electron chi connectivity index (χ0n) is 14.6. The maximum absolute atomic E-state index is 10.5. The van der Waals surface area contributed by atoms with Gasteiger partial charge in [-0.25, -0.2) is 9.13 Å². The summed E-state index contributed by atoms with van der Waals surface area (Å²) in [4.78, 5) is 20.9. The molecule has 6 nitrogen and oxygen atoms in total. The predicted octanol–water partition coefficient (Wildman–Crippen LogP) is 3.45. The third-order valence-electron chi connectivity index (χ3n) is 4.32. The molecule has 6 heteroatoms. The number of aryl methyl sites for hydroxylation is 2. The highest BCUT2D eigenvalue weighted by Crippen LogP contribution is 2.05. The first-order valence-corrected chi connectivity index (χ1v) is 8.88. The van der Waals surface area contributed by atoms with Crippen molar-refractivity contribution in [3.8, 4) is 0 Å². The largest absolute Gasteiger partial charge is 0.206 e. The Balaban J connectivity index is 1.64. The van der Waals surface area contributed by atoms with Crippen molar-refractivity contribution in [2.75, 3.05) is 0 Å². The van der Waals surface area contributed by atoms with Gasteiger partial charge in [0.1, 0.15) is 13.1 Å². The lowest BCUT2D eigenvalue weighted by Gasteiger charge is -2.03. The summed E-state index contributed by atoms with van der Waals surface area (Å²) in [5.74, 6) is 0. The van der Waals surface area contributed by atoms with Crippen molar-refractivity contribution in [2.45, 2.75) is 58.3 Å². The second-order valence-electron chi connectivity index (χ2n) is 6.11. The molecule has 0 saturated carbocycles. The minimum atomic E-state index is 0.229. The number of hydrogen-bond donors (Lipinski definition) is 0. The van der Waals surface area contributed by atoms with Crippen molar-refractivity contribution < 1.29 is 9.13 Å². The first-order valence-electron chi connectivity index (χ1n) is 8.88. The van der Waals surface area contributed by atoms with Gasteiger partial charge in [0.05, 0.1) is 0 Å². The number of unbranched alkanes of at least 4 members (excludes halogenated alkanes) is 4. The topological polar surface area (TPSA) is 66.6 Å². The van der Waals surface area contributed by atoms with Crippen LogP contribution in [-0.4, -0.2) is 0 Å². The normalized spacial score (nSPS) is 10.6. The second-order valence-corrected chi connectivity index (χ2v) is 6.11. The van der Waals surface area contributed by atoms with Crippen molar-refractivity contribution in [1.29, 1.82) is 0 Å². The highest BCUT2D eigenvalue weighted by molar-refractivity contribution is 4.97. The molecule has 2 aromatic rings. The van der Waals surface area contributed by atoms with Crippen molar-refractivity contribution in [2.24, 2.45) is 10.4 Å². The summed E-state index contributed by atoms with van der Waals surface area (Å²) in [5, 5.41) is 5.97. The SMILES string of the molecule is O=NCc1cccc[n+]1CCCCCCC[n+]1ccccc1CN=O. The van der Waals surface area contributed by atoms with E-state index in [1.807, 2.05) is 48.8 Å². The molecule has 0 aliphatic rings. The molecule has 2 rings (SSSR count). The lowest BCUT2D eigenvalue weighted by Crippen LogP contribution is -2.38. The van der Waals surface area contributed by atoms with Crippen LogP contribution in [0.1, 0.15) is 43.5 Å². The number of aromatic nitrogens is 2. The van der Waals surface area contributed by atoms with Gasteiger partial charge in [0.2, 0.25) is 11.4 Å². The van der Waals surface area contributed by atoms with Crippen molar-refractivity contribution in [1.82, 2.24) is 0 Å². The Labute approximate surface area is 148 Å². The van der Waals surface area contributed by atoms with E-state index < -0.39 is 0 Å². The van der Waals surface area contributed by atoms with Crippen LogP contribution in [0.4, 0.5) is 0 Å². The highest BCUT2D eigenvalue weighted by atomic mass is 16.3. The summed E-state index contributed by atoms with van der Waals surface area (Å²) in [7, 11) is 0. The van der Waals surface area contributed by atoms with Gasteiger partial charge in [0.25, 0.3) is 0 Å². The van der Waals surface area contributed by atoms with Crippen LogP contribution < -0.4 is 9.13 Å². The van der Waals surface area contributed by atoms with E-state index >= 15 is 0 Å². The van der Waals surface area contributed by atoms with Crippen LogP contribution in [0, 0.1) is 9.81 Å². The average Bonchev–Trinajstić information content (AvgIpc) is 2.64. The van der Waals surface area contributed by atoms with Crippen molar-refractivity contribution >= 4 is 0 Å². The lowest BCUT2D eigenvalue weighted by atomic mass is 10.1. The van der Waals surface area contributed by atoms with E-state index in [1.165, 1.54) is 6.42 Å². The van der Waals surface area contributed by atoms with E-state index in [0.29, 0.717) is 0 Å². The number of nitrogens with zero attached hydrogens (tertiary/aromatic N) is 4. The zero-order valence-corrected chi connectivity index (χ0v) is 14.6. The Hall–Kier alpha value is -2.50. The molecule has 0 unspecified atom stereocenters. The Morgan fingerprint density at radius 1 is 0.640 bits per heavy atom. The predicted molar refractivity (Wildman–Crippen MR) is 95.4 cm³/mol. The fourth-order valence-corrected chi connectivity index (χ4v) is 2.97. The van der Waals surface area contributed by atoms with Gasteiger partial charge < -0.3 is 0 Å². The van der Waals surface area contributed by atoms with Gasteiger partial charge in [-0.2, -0.15) is 9.81 Å². The average molecular weight is 342 g/mol. The van der Waals surface area contributed by atoms with E-state index in [1.54, 1.807) is 0 Å². The molecule has 25 heavy (non-hydrogen) atoms. The van der Waals surface area contributed by atoms with E-state index in [2.05, 4.69) is 19.5 Å². The van der Waals surface area contributed by atoms with Gasteiger partial charge in [0, 0.05) is 37.1 Å². The minimum absolute atomic E-state index is 0.229. The molecule has 0 atom stereocenters.